The average molecular weight is 305 g/mol. The summed E-state index contributed by atoms with van der Waals surface area (Å²) in [6.45, 7) is 1.49. The van der Waals surface area contributed by atoms with E-state index in [4.69, 9.17) is 10.5 Å². The third-order valence-corrected chi connectivity index (χ3v) is 3.64. The van der Waals surface area contributed by atoms with Crippen molar-refractivity contribution in [1.29, 1.82) is 0 Å². The number of hydrogen-bond donors (Lipinski definition) is 2. The smallest absolute Gasteiger partial charge is 0.224 e. The molecule has 2 rings (SSSR count). The lowest BCUT2D eigenvalue weighted by Gasteiger charge is -2.30. The van der Waals surface area contributed by atoms with Crippen LogP contribution in [0.25, 0.3) is 0 Å². The maximum absolute atomic E-state index is 12.1. The molecule has 1 aromatic rings. The number of nitrogens with zero attached hydrogens (tertiary/aromatic N) is 1. The molecule has 0 aromatic heterocycles. The van der Waals surface area contributed by atoms with E-state index >= 15 is 0 Å². The van der Waals surface area contributed by atoms with E-state index in [1.165, 1.54) is 0 Å². The zero-order valence-corrected chi connectivity index (χ0v) is 12.9. The van der Waals surface area contributed by atoms with Gasteiger partial charge in [0.1, 0.15) is 12.4 Å². The summed E-state index contributed by atoms with van der Waals surface area (Å²) in [4.78, 5) is 25.2. The number of hydrogen-bond acceptors (Lipinski definition) is 4. The van der Waals surface area contributed by atoms with Crippen molar-refractivity contribution in [3.05, 3.63) is 29.8 Å². The Morgan fingerprint density at radius 3 is 3.05 bits per heavy atom. The maximum atomic E-state index is 12.1. The third-order valence-electron chi connectivity index (χ3n) is 3.64. The van der Waals surface area contributed by atoms with Gasteiger partial charge in [-0.15, -0.1) is 0 Å². The SMILES string of the molecule is CN1C[C@H](NC(=O)Cc2cccc(OCCN)c2)CCC1=O. The molecule has 3 N–H and O–H groups in total. The normalized spacial score (nSPS) is 18.2. The number of carbonyl (C=O) groups excluding carboxylic acids is 2. The van der Waals surface area contributed by atoms with Gasteiger partial charge in [0.2, 0.25) is 11.8 Å². The van der Waals surface area contributed by atoms with Crippen molar-refractivity contribution in [1.82, 2.24) is 10.2 Å². The Kier molecular flexibility index (Phi) is 5.77. The molecular weight excluding hydrogens is 282 g/mol. The number of nitrogens with one attached hydrogen (secondary N) is 1. The van der Waals surface area contributed by atoms with Crippen molar-refractivity contribution < 1.29 is 14.3 Å². The first kappa shape index (κ1) is 16.3. The van der Waals surface area contributed by atoms with Gasteiger partial charge in [-0.25, -0.2) is 0 Å². The molecule has 1 aliphatic rings. The van der Waals surface area contributed by atoms with Crippen LogP contribution in [-0.4, -0.2) is 49.5 Å². The van der Waals surface area contributed by atoms with E-state index in [1.807, 2.05) is 24.3 Å². The van der Waals surface area contributed by atoms with Gasteiger partial charge in [0.05, 0.1) is 6.42 Å². The molecule has 1 fully saturated rings. The predicted octanol–water partition coefficient (Wildman–Crippen LogP) is 0.304. The van der Waals surface area contributed by atoms with Crippen LogP contribution in [0.15, 0.2) is 24.3 Å². The molecule has 0 aliphatic carbocycles. The molecule has 6 nitrogen and oxygen atoms in total. The van der Waals surface area contributed by atoms with E-state index in [0.29, 0.717) is 39.0 Å². The highest BCUT2D eigenvalue weighted by Crippen LogP contribution is 2.14. The summed E-state index contributed by atoms with van der Waals surface area (Å²) < 4.78 is 5.45. The number of benzene rings is 1. The number of rotatable bonds is 6. The van der Waals surface area contributed by atoms with E-state index in [2.05, 4.69) is 5.32 Å². The van der Waals surface area contributed by atoms with Crippen molar-refractivity contribution in [3.63, 3.8) is 0 Å². The lowest BCUT2D eigenvalue weighted by molar-refractivity contribution is -0.133. The standard InChI is InChI=1S/C16H23N3O3/c1-19-11-13(5-6-16(19)21)18-15(20)10-12-3-2-4-14(9-12)22-8-7-17/h2-4,9,13H,5-8,10-11,17H2,1H3,(H,18,20)/t13-/m1/s1. The summed E-state index contributed by atoms with van der Waals surface area (Å²) >= 11 is 0. The van der Waals surface area contributed by atoms with Crippen LogP contribution in [0.1, 0.15) is 18.4 Å². The number of piperidine rings is 1. The number of amides is 2. The molecule has 6 heteroatoms. The zero-order chi connectivity index (χ0) is 15.9. The summed E-state index contributed by atoms with van der Waals surface area (Å²) in [5, 5.41) is 2.99. The Bertz CT molecular complexity index is 533. The molecule has 0 saturated carbocycles. The minimum absolute atomic E-state index is 0.0341. The summed E-state index contributed by atoms with van der Waals surface area (Å²) in [6, 6.07) is 7.49. The topological polar surface area (TPSA) is 84.7 Å². The monoisotopic (exact) mass is 305 g/mol. The molecule has 1 heterocycles. The number of likely N-dealkylation sites (tertiary alicyclic amines) is 1. The number of likely N-dealkylation sites (N-methyl/N-ethyl adjacent to an activating group) is 1. The number of nitrogens with two attached hydrogens (primary N) is 1. The van der Waals surface area contributed by atoms with E-state index in [9.17, 15) is 9.59 Å². The minimum atomic E-state index is -0.0382. The molecule has 0 unspecified atom stereocenters. The summed E-state index contributed by atoms with van der Waals surface area (Å²) in [7, 11) is 1.76. The molecule has 0 radical (unpaired) electrons. The molecule has 1 saturated heterocycles. The van der Waals surface area contributed by atoms with Crippen LogP contribution < -0.4 is 15.8 Å². The van der Waals surface area contributed by atoms with Gasteiger partial charge < -0.3 is 20.7 Å². The fourth-order valence-corrected chi connectivity index (χ4v) is 2.52. The molecule has 2 amide bonds. The van der Waals surface area contributed by atoms with E-state index in [-0.39, 0.29) is 17.9 Å². The number of ether oxygens (including phenoxy) is 1. The second-order valence-corrected chi connectivity index (χ2v) is 5.54. The quantitative estimate of drug-likeness (QED) is 0.792. The van der Waals surface area contributed by atoms with Gasteiger partial charge in [0, 0.05) is 32.6 Å². The van der Waals surface area contributed by atoms with Crippen LogP contribution in [0.3, 0.4) is 0 Å². The molecule has 0 bridgehead atoms. The highest BCUT2D eigenvalue weighted by atomic mass is 16.5. The zero-order valence-electron chi connectivity index (χ0n) is 12.9. The van der Waals surface area contributed by atoms with Gasteiger partial charge in [-0.05, 0) is 24.1 Å². The van der Waals surface area contributed by atoms with Crippen molar-refractivity contribution in [3.8, 4) is 5.75 Å². The van der Waals surface area contributed by atoms with Crippen molar-refractivity contribution in [2.45, 2.75) is 25.3 Å². The van der Waals surface area contributed by atoms with E-state index < -0.39 is 0 Å². The molecular formula is C16H23N3O3. The van der Waals surface area contributed by atoms with Crippen LogP contribution in [-0.2, 0) is 16.0 Å². The first-order valence-electron chi connectivity index (χ1n) is 7.53. The fraction of sp³-hybridized carbons (Fsp3) is 0.500. The van der Waals surface area contributed by atoms with Gasteiger partial charge >= 0.3 is 0 Å². The first-order valence-corrected chi connectivity index (χ1v) is 7.53. The second-order valence-electron chi connectivity index (χ2n) is 5.54. The molecule has 22 heavy (non-hydrogen) atoms. The Morgan fingerprint density at radius 2 is 2.32 bits per heavy atom. The van der Waals surface area contributed by atoms with Crippen LogP contribution in [0, 0.1) is 0 Å². The largest absolute Gasteiger partial charge is 0.492 e. The molecule has 1 aromatic carbocycles. The maximum Gasteiger partial charge on any atom is 0.224 e. The summed E-state index contributed by atoms with van der Waals surface area (Å²) in [5.74, 6) is 0.817. The minimum Gasteiger partial charge on any atom is -0.492 e. The Labute approximate surface area is 130 Å². The second kappa shape index (κ2) is 7.79. The first-order chi connectivity index (χ1) is 10.6. The van der Waals surface area contributed by atoms with Crippen molar-refractivity contribution in [2.24, 2.45) is 5.73 Å². The molecule has 120 valence electrons. The van der Waals surface area contributed by atoms with Crippen LogP contribution in [0.4, 0.5) is 0 Å². The average Bonchev–Trinajstić information content (AvgIpc) is 2.49. The third kappa shape index (κ3) is 4.73. The van der Waals surface area contributed by atoms with Gasteiger partial charge in [0.15, 0.2) is 0 Å². The Hall–Kier alpha value is -2.08. The number of carbonyl (C=O) groups is 2. The van der Waals surface area contributed by atoms with Gasteiger partial charge in [-0.1, -0.05) is 12.1 Å². The van der Waals surface area contributed by atoms with E-state index in [1.54, 1.807) is 11.9 Å². The summed E-state index contributed by atoms with van der Waals surface area (Å²) in [5.41, 5.74) is 6.30. The van der Waals surface area contributed by atoms with Crippen molar-refractivity contribution >= 4 is 11.8 Å². The lowest BCUT2D eigenvalue weighted by Crippen LogP contribution is -2.48. The lowest BCUT2D eigenvalue weighted by atomic mass is 10.0. The molecule has 1 atom stereocenters. The van der Waals surface area contributed by atoms with Crippen LogP contribution >= 0.6 is 0 Å². The van der Waals surface area contributed by atoms with Crippen molar-refractivity contribution in [2.75, 3.05) is 26.7 Å². The van der Waals surface area contributed by atoms with Crippen LogP contribution in [0.2, 0.25) is 0 Å². The fourth-order valence-electron chi connectivity index (χ4n) is 2.52. The van der Waals surface area contributed by atoms with Gasteiger partial charge in [0.25, 0.3) is 0 Å². The molecule has 0 spiro atoms. The highest BCUT2D eigenvalue weighted by molar-refractivity contribution is 5.80. The van der Waals surface area contributed by atoms with Crippen LogP contribution in [0.5, 0.6) is 5.75 Å². The predicted molar refractivity (Wildman–Crippen MR) is 83.5 cm³/mol. The Balaban J connectivity index is 1.85. The van der Waals surface area contributed by atoms with Gasteiger partial charge in [-0.3, -0.25) is 9.59 Å². The molecule has 1 aliphatic heterocycles. The summed E-state index contributed by atoms with van der Waals surface area (Å²) in [6.07, 6.45) is 1.49. The Morgan fingerprint density at radius 1 is 1.50 bits per heavy atom. The highest BCUT2D eigenvalue weighted by Gasteiger charge is 2.23. The van der Waals surface area contributed by atoms with Gasteiger partial charge in [-0.2, -0.15) is 0 Å². The van der Waals surface area contributed by atoms with E-state index in [0.717, 1.165) is 11.3 Å².